The summed E-state index contributed by atoms with van der Waals surface area (Å²) >= 11 is 3.06. The molecule has 0 aliphatic rings. The molecule has 0 aromatic carbocycles. The number of aromatic nitrogens is 2. The van der Waals surface area contributed by atoms with E-state index in [2.05, 4.69) is 9.97 Å². The van der Waals surface area contributed by atoms with Crippen molar-refractivity contribution in [1.29, 1.82) is 0 Å². The zero-order valence-corrected chi connectivity index (χ0v) is 16.1. The molecule has 4 aromatic heterocycles. The van der Waals surface area contributed by atoms with Gasteiger partial charge in [-0.1, -0.05) is 12.1 Å². The Morgan fingerprint density at radius 3 is 1.89 bits per heavy atom. The topological polar surface area (TPSA) is 147 Å². The Kier molecular flexibility index (Phi) is 5.82. The Bertz CT molecular complexity index is 1080. The summed E-state index contributed by atoms with van der Waals surface area (Å²) in [5.41, 5.74) is 18.8. The molecule has 0 amide bonds. The maximum atomic E-state index is 10.8. The number of thiophene rings is 2. The minimum Gasteiger partial charge on any atom is -0.395 e. The molecule has 0 unspecified atom stereocenters. The zero-order chi connectivity index (χ0) is 20.1. The fourth-order valence-corrected chi connectivity index (χ4v) is 3.95. The Morgan fingerprint density at radius 1 is 0.821 bits per heavy atom. The Labute approximate surface area is 168 Å². The van der Waals surface area contributed by atoms with Gasteiger partial charge in [-0.15, -0.1) is 22.7 Å². The number of hydrogen-bond donors (Lipinski definition) is 3. The maximum absolute atomic E-state index is 10.8. The summed E-state index contributed by atoms with van der Waals surface area (Å²) in [6.45, 7) is 0. The second-order valence-corrected chi connectivity index (χ2v) is 7.36. The minimum atomic E-state index is -0.503. The number of nitrogen functional groups attached to an aromatic ring is 3. The van der Waals surface area contributed by atoms with Crippen LogP contribution in [0.1, 0.15) is 0 Å². The number of hydrogen-bond acceptors (Lipinski definition) is 9. The van der Waals surface area contributed by atoms with E-state index < -0.39 is 4.92 Å². The van der Waals surface area contributed by atoms with Crippen LogP contribution in [0.2, 0.25) is 0 Å². The average molecular weight is 413 g/mol. The molecule has 0 saturated carbocycles. The van der Waals surface area contributed by atoms with Gasteiger partial charge < -0.3 is 17.2 Å². The molecular formula is C18H16N6O2S2. The van der Waals surface area contributed by atoms with Crippen LogP contribution in [0.15, 0.2) is 59.6 Å². The van der Waals surface area contributed by atoms with Gasteiger partial charge in [-0.25, -0.2) is 9.97 Å². The van der Waals surface area contributed by atoms with E-state index in [1.54, 1.807) is 23.6 Å². The first-order valence-corrected chi connectivity index (χ1v) is 9.71. The number of anilines is 3. The van der Waals surface area contributed by atoms with Gasteiger partial charge in [0.2, 0.25) is 5.82 Å². The van der Waals surface area contributed by atoms with Crippen molar-refractivity contribution in [3.8, 4) is 20.9 Å². The van der Waals surface area contributed by atoms with Gasteiger partial charge in [0.1, 0.15) is 5.82 Å². The molecule has 142 valence electrons. The quantitative estimate of drug-likeness (QED) is 0.336. The van der Waals surface area contributed by atoms with Crippen LogP contribution in [0.3, 0.4) is 0 Å². The Morgan fingerprint density at radius 2 is 1.36 bits per heavy atom. The van der Waals surface area contributed by atoms with Crippen molar-refractivity contribution in [1.82, 2.24) is 9.97 Å². The van der Waals surface area contributed by atoms with E-state index in [1.165, 1.54) is 17.5 Å². The largest absolute Gasteiger partial charge is 0.395 e. The van der Waals surface area contributed by atoms with Crippen LogP contribution in [-0.2, 0) is 0 Å². The van der Waals surface area contributed by atoms with Gasteiger partial charge in [-0.3, -0.25) is 10.1 Å². The second kappa shape index (κ2) is 8.46. The highest BCUT2D eigenvalue weighted by Gasteiger charge is 2.20. The van der Waals surface area contributed by atoms with Crippen molar-refractivity contribution in [3.05, 3.63) is 69.7 Å². The van der Waals surface area contributed by atoms with Crippen LogP contribution in [-0.4, -0.2) is 14.9 Å². The Balaban J connectivity index is 0.000000162. The molecule has 4 aromatic rings. The van der Waals surface area contributed by atoms with Crippen LogP contribution in [0.25, 0.3) is 20.9 Å². The molecule has 6 N–H and O–H groups in total. The normalized spacial score (nSPS) is 10.1. The lowest BCUT2D eigenvalue weighted by atomic mass is 10.2. The number of nitro groups is 1. The van der Waals surface area contributed by atoms with E-state index in [0.29, 0.717) is 17.1 Å². The maximum Gasteiger partial charge on any atom is 0.319 e. The van der Waals surface area contributed by atoms with E-state index in [1.807, 2.05) is 41.1 Å². The molecule has 0 radical (unpaired) electrons. The minimum absolute atomic E-state index is 0.0501. The lowest BCUT2D eigenvalue weighted by Crippen LogP contribution is -1.99. The summed E-state index contributed by atoms with van der Waals surface area (Å²) < 4.78 is 0. The van der Waals surface area contributed by atoms with Crippen LogP contribution in [0, 0.1) is 10.1 Å². The molecular weight excluding hydrogens is 396 g/mol. The summed E-state index contributed by atoms with van der Waals surface area (Å²) in [6, 6.07) is 11.1. The molecule has 28 heavy (non-hydrogen) atoms. The summed E-state index contributed by atoms with van der Waals surface area (Å²) in [4.78, 5) is 19.9. The lowest BCUT2D eigenvalue weighted by molar-refractivity contribution is -0.383. The summed E-state index contributed by atoms with van der Waals surface area (Å²) in [5.74, 6) is 0.344. The second-order valence-electron chi connectivity index (χ2n) is 5.46. The highest BCUT2D eigenvalue weighted by Crippen LogP contribution is 2.35. The first-order chi connectivity index (χ1) is 13.5. The molecule has 0 fully saturated rings. The Hall–Kier alpha value is -3.50. The molecule has 4 heterocycles. The van der Waals surface area contributed by atoms with Gasteiger partial charge in [0.15, 0.2) is 0 Å². The van der Waals surface area contributed by atoms with E-state index in [9.17, 15) is 10.1 Å². The monoisotopic (exact) mass is 412 g/mol. The van der Waals surface area contributed by atoms with Gasteiger partial charge >= 0.3 is 5.69 Å². The number of nitrogens with zero attached hydrogens (tertiary/aromatic N) is 3. The molecule has 0 aliphatic carbocycles. The van der Waals surface area contributed by atoms with Crippen LogP contribution in [0.5, 0.6) is 0 Å². The van der Waals surface area contributed by atoms with Crippen LogP contribution < -0.4 is 17.2 Å². The first-order valence-electron chi connectivity index (χ1n) is 7.95. The third-order valence-electron chi connectivity index (χ3n) is 3.73. The fraction of sp³-hybridized carbons (Fsp3) is 0. The highest BCUT2D eigenvalue weighted by atomic mass is 32.1. The average Bonchev–Trinajstić information content (AvgIpc) is 3.38. The molecule has 0 atom stereocenters. The molecule has 4 rings (SSSR count). The number of rotatable bonds is 3. The van der Waals surface area contributed by atoms with Crippen molar-refractivity contribution in [2.45, 2.75) is 0 Å². The fourth-order valence-electron chi connectivity index (χ4n) is 2.43. The number of pyridine rings is 2. The SMILES string of the molecule is Nc1nccc(-c2cccs2)c1N.Nc1nccc(-c2cccs2)c1[N+](=O)[O-]. The standard InChI is InChI=1S/C9H7N3O2S.C9H9N3S/c10-9-8(12(13)14)6(3-4-11-9)7-2-1-5-15-7;10-8-6(3-4-12-9(8)11)7-2-1-5-13-7/h1-5H,(H2,10,11);1-5H,10H2,(H2,11,12). The van der Waals surface area contributed by atoms with Crippen LogP contribution in [0.4, 0.5) is 23.0 Å². The van der Waals surface area contributed by atoms with E-state index in [0.717, 1.165) is 15.3 Å². The van der Waals surface area contributed by atoms with Crippen molar-refractivity contribution in [2.24, 2.45) is 0 Å². The van der Waals surface area contributed by atoms with E-state index >= 15 is 0 Å². The van der Waals surface area contributed by atoms with E-state index in [-0.39, 0.29) is 11.5 Å². The van der Waals surface area contributed by atoms with Gasteiger partial charge in [0.25, 0.3) is 0 Å². The summed E-state index contributed by atoms with van der Waals surface area (Å²) in [6.07, 6.45) is 3.14. The molecule has 0 aliphatic heterocycles. The third kappa shape index (κ3) is 4.08. The van der Waals surface area contributed by atoms with Crippen molar-refractivity contribution >= 4 is 45.7 Å². The summed E-state index contributed by atoms with van der Waals surface area (Å²) in [5, 5.41) is 14.7. The van der Waals surface area contributed by atoms with Crippen molar-refractivity contribution in [2.75, 3.05) is 17.2 Å². The number of nitrogens with two attached hydrogens (primary N) is 3. The smallest absolute Gasteiger partial charge is 0.319 e. The zero-order valence-electron chi connectivity index (χ0n) is 14.5. The van der Waals surface area contributed by atoms with Gasteiger partial charge in [-0.05, 0) is 35.0 Å². The highest BCUT2D eigenvalue weighted by molar-refractivity contribution is 7.13. The molecule has 8 nitrogen and oxygen atoms in total. The molecule has 10 heteroatoms. The molecule has 0 bridgehead atoms. The van der Waals surface area contributed by atoms with E-state index in [4.69, 9.17) is 17.2 Å². The first kappa shape index (κ1) is 19.3. The lowest BCUT2D eigenvalue weighted by Gasteiger charge is -2.03. The third-order valence-corrected chi connectivity index (χ3v) is 5.54. The predicted octanol–water partition coefficient (Wildman–Crippen LogP) is 4.28. The molecule has 0 spiro atoms. The van der Waals surface area contributed by atoms with Gasteiger partial charge in [0.05, 0.1) is 16.2 Å². The summed E-state index contributed by atoms with van der Waals surface area (Å²) in [7, 11) is 0. The van der Waals surface area contributed by atoms with Gasteiger partial charge in [0, 0.05) is 27.7 Å². The van der Waals surface area contributed by atoms with Crippen molar-refractivity contribution < 1.29 is 4.92 Å². The predicted molar refractivity (Wildman–Crippen MR) is 115 cm³/mol. The molecule has 0 saturated heterocycles. The van der Waals surface area contributed by atoms with Crippen LogP contribution >= 0.6 is 22.7 Å². The van der Waals surface area contributed by atoms with Gasteiger partial charge in [-0.2, -0.15) is 0 Å². The van der Waals surface area contributed by atoms with Crippen molar-refractivity contribution in [3.63, 3.8) is 0 Å².